The van der Waals surface area contributed by atoms with Gasteiger partial charge in [-0.05, 0) is 43.9 Å². The van der Waals surface area contributed by atoms with E-state index in [4.69, 9.17) is 11.6 Å². The fourth-order valence-corrected chi connectivity index (χ4v) is 3.46. The molecule has 1 aliphatic rings. The molecule has 1 heterocycles. The zero-order chi connectivity index (χ0) is 20.1. The SMILES string of the molecule is CCC(CC)=N/N=C(\CC)C(C)C1CC(=O)N(c2ccc(C)c(Cl)c2)C1=O. The van der Waals surface area contributed by atoms with E-state index in [0.717, 1.165) is 29.8 Å². The topological polar surface area (TPSA) is 62.1 Å². The average molecular weight is 390 g/mol. The molecule has 2 amide bonds. The van der Waals surface area contributed by atoms with Crippen molar-refractivity contribution in [2.45, 2.75) is 60.3 Å². The fourth-order valence-electron chi connectivity index (χ4n) is 3.28. The second kappa shape index (κ2) is 9.27. The van der Waals surface area contributed by atoms with Crippen LogP contribution in [0.15, 0.2) is 28.4 Å². The van der Waals surface area contributed by atoms with Crippen LogP contribution >= 0.6 is 11.6 Å². The number of hydrogen-bond acceptors (Lipinski definition) is 4. The molecule has 0 N–H and O–H groups in total. The van der Waals surface area contributed by atoms with Crippen molar-refractivity contribution in [1.82, 2.24) is 0 Å². The predicted octanol–water partition coefficient (Wildman–Crippen LogP) is 5.19. The van der Waals surface area contributed by atoms with Gasteiger partial charge in [-0.1, -0.05) is 45.4 Å². The quantitative estimate of drug-likeness (QED) is 0.366. The molecule has 0 aromatic heterocycles. The van der Waals surface area contributed by atoms with Crippen molar-refractivity contribution in [1.29, 1.82) is 0 Å². The summed E-state index contributed by atoms with van der Waals surface area (Å²) in [7, 11) is 0. The summed E-state index contributed by atoms with van der Waals surface area (Å²) in [4.78, 5) is 26.8. The lowest BCUT2D eigenvalue weighted by atomic mass is 9.87. The maximum Gasteiger partial charge on any atom is 0.238 e. The smallest absolute Gasteiger partial charge is 0.238 e. The number of nitrogens with zero attached hydrogens (tertiary/aromatic N) is 3. The third-order valence-electron chi connectivity index (χ3n) is 5.22. The zero-order valence-electron chi connectivity index (χ0n) is 16.8. The first-order chi connectivity index (χ1) is 12.8. The van der Waals surface area contributed by atoms with Crippen LogP contribution in [0.5, 0.6) is 0 Å². The van der Waals surface area contributed by atoms with Crippen LogP contribution in [-0.4, -0.2) is 23.2 Å². The van der Waals surface area contributed by atoms with Gasteiger partial charge < -0.3 is 0 Å². The van der Waals surface area contributed by atoms with Gasteiger partial charge in [0, 0.05) is 28.8 Å². The number of anilines is 1. The first-order valence-electron chi connectivity index (χ1n) is 9.59. The molecule has 0 saturated carbocycles. The molecule has 2 atom stereocenters. The highest BCUT2D eigenvalue weighted by atomic mass is 35.5. The van der Waals surface area contributed by atoms with Gasteiger partial charge >= 0.3 is 0 Å². The van der Waals surface area contributed by atoms with Gasteiger partial charge in [0.05, 0.1) is 11.6 Å². The number of carbonyl (C=O) groups excluding carboxylic acids is 2. The van der Waals surface area contributed by atoms with Crippen molar-refractivity contribution in [2.24, 2.45) is 22.0 Å². The molecule has 27 heavy (non-hydrogen) atoms. The highest BCUT2D eigenvalue weighted by Crippen LogP contribution is 2.33. The lowest BCUT2D eigenvalue weighted by molar-refractivity contribution is -0.122. The highest BCUT2D eigenvalue weighted by Gasteiger charge is 2.43. The summed E-state index contributed by atoms with van der Waals surface area (Å²) < 4.78 is 0. The Morgan fingerprint density at radius 2 is 1.85 bits per heavy atom. The minimum Gasteiger partial charge on any atom is -0.274 e. The van der Waals surface area contributed by atoms with E-state index in [1.807, 2.05) is 26.8 Å². The minimum absolute atomic E-state index is 0.143. The monoisotopic (exact) mass is 389 g/mol. The number of hydrogen-bond donors (Lipinski definition) is 0. The summed E-state index contributed by atoms with van der Waals surface area (Å²) in [5, 5.41) is 9.30. The molecule has 1 aromatic rings. The Bertz CT molecular complexity index is 780. The number of carbonyl (C=O) groups is 2. The molecule has 6 heteroatoms. The Kier molecular flexibility index (Phi) is 7.31. The number of rotatable bonds is 7. The maximum atomic E-state index is 13.0. The summed E-state index contributed by atoms with van der Waals surface area (Å²) in [5.41, 5.74) is 3.31. The van der Waals surface area contributed by atoms with E-state index in [-0.39, 0.29) is 24.2 Å². The fraction of sp³-hybridized carbons (Fsp3) is 0.524. The van der Waals surface area contributed by atoms with Crippen LogP contribution in [0.3, 0.4) is 0 Å². The van der Waals surface area contributed by atoms with Crippen molar-refractivity contribution < 1.29 is 9.59 Å². The molecule has 1 aliphatic heterocycles. The van der Waals surface area contributed by atoms with Crippen molar-refractivity contribution >= 4 is 40.5 Å². The van der Waals surface area contributed by atoms with Crippen LogP contribution < -0.4 is 4.90 Å². The summed E-state index contributed by atoms with van der Waals surface area (Å²) in [6.45, 7) is 9.95. The molecular formula is C21H28ClN3O2. The number of imide groups is 1. The standard InChI is InChI=1S/C21H28ClN3O2/c1-6-15(7-2)23-24-19(8-3)14(5)17-12-20(26)25(21(17)27)16-10-9-13(4)18(22)11-16/h9-11,14,17H,6-8,12H2,1-5H3/b24-19+. The third kappa shape index (κ3) is 4.64. The van der Waals surface area contributed by atoms with Crippen LogP contribution in [0.2, 0.25) is 5.02 Å². The van der Waals surface area contributed by atoms with E-state index >= 15 is 0 Å². The molecule has 0 spiro atoms. The molecule has 1 saturated heterocycles. The number of aryl methyl sites for hydroxylation is 1. The largest absolute Gasteiger partial charge is 0.274 e. The Balaban J connectivity index is 2.27. The molecule has 1 aromatic carbocycles. The Morgan fingerprint density at radius 1 is 1.19 bits per heavy atom. The van der Waals surface area contributed by atoms with Crippen molar-refractivity contribution in [3.05, 3.63) is 28.8 Å². The molecule has 2 unspecified atom stereocenters. The number of amides is 2. The first kappa shape index (κ1) is 21.3. The Labute approximate surface area is 166 Å². The molecule has 0 aliphatic carbocycles. The normalized spacial score (nSPS) is 18.8. The summed E-state index contributed by atoms with van der Waals surface area (Å²) in [6, 6.07) is 5.26. The molecular weight excluding hydrogens is 362 g/mol. The van der Waals surface area contributed by atoms with Crippen LogP contribution in [-0.2, 0) is 9.59 Å². The molecule has 2 rings (SSSR count). The summed E-state index contributed by atoms with van der Waals surface area (Å²) >= 11 is 6.17. The van der Waals surface area contributed by atoms with Gasteiger partial charge in [0.15, 0.2) is 0 Å². The van der Waals surface area contributed by atoms with Crippen molar-refractivity contribution in [3.63, 3.8) is 0 Å². The summed E-state index contributed by atoms with van der Waals surface area (Å²) in [5.74, 6) is -0.948. The van der Waals surface area contributed by atoms with Gasteiger partial charge in [0.25, 0.3) is 0 Å². The van der Waals surface area contributed by atoms with Gasteiger partial charge in [-0.25, -0.2) is 0 Å². The molecule has 1 fully saturated rings. The summed E-state index contributed by atoms with van der Waals surface area (Å²) in [6.07, 6.45) is 2.59. The predicted molar refractivity (Wildman–Crippen MR) is 112 cm³/mol. The Morgan fingerprint density at radius 3 is 2.41 bits per heavy atom. The van der Waals surface area contributed by atoms with Crippen LogP contribution in [0.4, 0.5) is 5.69 Å². The zero-order valence-corrected chi connectivity index (χ0v) is 17.5. The van der Waals surface area contributed by atoms with Crippen LogP contribution in [0.1, 0.15) is 58.9 Å². The van der Waals surface area contributed by atoms with Crippen LogP contribution in [0, 0.1) is 18.8 Å². The lowest BCUT2D eigenvalue weighted by Crippen LogP contribution is -2.33. The lowest BCUT2D eigenvalue weighted by Gasteiger charge is -2.20. The first-order valence-corrected chi connectivity index (χ1v) is 9.96. The van der Waals surface area contributed by atoms with E-state index in [1.165, 1.54) is 4.90 Å². The van der Waals surface area contributed by atoms with E-state index in [1.54, 1.807) is 12.1 Å². The maximum absolute atomic E-state index is 13.0. The molecule has 0 bridgehead atoms. The molecule has 0 radical (unpaired) electrons. The number of benzene rings is 1. The second-order valence-corrected chi connectivity index (χ2v) is 7.33. The van der Waals surface area contributed by atoms with Gasteiger partial charge in [0.1, 0.15) is 0 Å². The molecule has 5 nitrogen and oxygen atoms in total. The minimum atomic E-state index is -0.418. The highest BCUT2D eigenvalue weighted by molar-refractivity contribution is 6.32. The van der Waals surface area contributed by atoms with Gasteiger partial charge in [0.2, 0.25) is 11.8 Å². The second-order valence-electron chi connectivity index (χ2n) is 6.92. The van der Waals surface area contributed by atoms with Crippen molar-refractivity contribution in [3.8, 4) is 0 Å². The van der Waals surface area contributed by atoms with Gasteiger partial charge in [-0.3, -0.25) is 14.5 Å². The number of halogens is 1. The third-order valence-corrected chi connectivity index (χ3v) is 5.63. The Hall–Kier alpha value is -2.01. The van der Waals surface area contributed by atoms with Gasteiger partial charge in [-0.15, -0.1) is 0 Å². The van der Waals surface area contributed by atoms with Crippen LogP contribution in [0.25, 0.3) is 0 Å². The van der Waals surface area contributed by atoms with E-state index < -0.39 is 5.92 Å². The van der Waals surface area contributed by atoms with Crippen molar-refractivity contribution in [2.75, 3.05) is 4.90 Å². The van der Waals surface area contributed by atoms with E-state index in [2.05, 4.69) is 24.1 Å². The average Bonchev–Trinajstić information content (AvgIpc) is 2.95. The van der Waals surface area contributed by atoms with E-state index in [0.29, 0.717) is 17.1 Å². The molecule has 146 valence electrons. The van der Waals surface area contributed by atoms with E-state index in [9.17, 15) is 9.59 Å². The van der Waals surface area contributed by atoms with Gasteiger partial charge in [-0.2, -0.15) is 10.2 Å².